The number of piperazine rings is 1. The molecule has 0 radical (unpaired) electrons. The van der Waals surface area contributed by atoms with Crippen molar-refractivity contribution in [2.75, 3.05) is 39.3 Å². The molecule has 1 saturated heterocycles. The number of carbonyl (C=O) groups excluding carboxylic acids is 2. The number of nitrogens with zero attached hydrogens (tertiary/aromatic N) is 2. The zero-order valence-electron chi connectivity index (χ0n) is 13.4. The molecule has 1 fully saturated rings. The highest BCUT2D eigenvalue weighted by atomic mass is 35.5. The zero-order chi connectivity index (χ0) is 15.2. The molecule has 1 heterocycles. The van der Waals surface area contributed by atoms with E-state index in [1.807, 2.05) is 25.7 Å². The van der Waals surface area contributed by atoms with Crippen molar-refractivity contribution in [1.29, 1.82) is 0 Å². The van der Waals surface area contributed by atoms with Crippen LogP contribution in [0.25, 0.3) is 0 Å². The van der Waals surface area contributed by atoms with Crippen LogP contribution in [0.2, 0.25) is 0 Å². The molecule has 0 saturated carbocycles. The number of nitrogens with one attached hydrogen (secondary N) is 1. The van der Waals surface area contributed by atoms with Crippen LogP contribution < -0.4 is 11.1 Å². The molecule has 0 bridgehead atoms. The molecule has 0 aliphatic carbocycles. The summed E-state index contributed by atoms with van der Waals surface area (Å²) >= 11 is 0. The molecular weight excluding hydrogens is 292 g/mol. The normalized spacial score (nSPS) is 15.4. The second kappa shape index (κ2) is 9.10. The van der Waals surface area contributed by atoms with Crippen LogP contribution in [0.1, 0.15) is 33.6 Å². The Morgan fingerprint density at radius 1 is 1.05 bits per heavy atom. The van der Waals surface area contributed by atoms with E-state index in [2.05, 4.69) is 5.32 Å². The Bertz CT molecular complexity index is 332. The lowest BCUT2D eigenvalue weighted by Gasteiger charge is -2.40. The largest absolute Gasteiger partial charge is 0.339 e. The van der Waals surface area contributed by atoms with Gasteiger partial charge in [0.1, 0.15) is 0 Å². The fourth-order valence-corrected chi connectivity index (χ4v) is 2.64. The molecule has 124 valence electrons. The maximum absolute atomic E-state index is 12.6. The molecule has 21 heavy (non-hydrogen) atoms. The Morgan fingerprint density at radius 3 is 1.90 bits per heavy atom. The van der Waals surface area contributed by atoms with Crippen LogP contribution in [-0.2, 0) is 4.79 Å². The van der Waals surface area contributed by atoms with Crippen LogP contribution in [0, 0.1) is 5.41 Å². The summed E-state index contributed by atoms with van der Waals surface area (Å²) in [7, 11) is 0. The SMILES string of the molecule is CCNC(=O)N1CCN(C(=O)C(CC)(CC)CN)CC1.Cl. The lowest BCUT2D eigenvalue weighted by atomic mass is 9.81. The highest BCUT2D eigenvalue weighted by Gasteiger charge is 2.38. The first-order valence-electron chi connectivity index (χ1n) is 7.56. The van der Waals surface area contributed by atoms with Gasteiger partial charge in [0.2, 0.25) is 5.91 Å². The second-order valence-electron chi connectivity index (χ2n) is 5.31. The first kappa shape index (κ1) is 20.0. The molecule has 0 aromatic heterocycles. The van der Waals surface area contributed by atoms with Gasteiger partial charge >= 0.3 is 6.03 Å². The predicted molar refractivity (Wildman–Crippen MR) is 86.5 cm³/mol. The van der Waals surface area contributed by atoms with Gasteiger partial charge in [0, 0.05) is 39.3 Å². The van der Waals surface area contributed by atoms with E-state index in [1.54, 1.807) is 4.90 Å². The van der Waals surface area contributed by atoms with Crippen molar-refractivity contribution in [2.45, 2.75) is 33.6 Å². The molecule has 0 aromatic carbocycles. The number of halogens is 1. The van der Waals surface area contributed by atoms with Gasteiger partial charge in [0.15, 0.2) is 0 Å². The van der Waals surface area contributed by atoms with Crippen LogP contribution in [0.4, 0.5) is 4.79 Å². The number of urea groups is 1. The molecule has 7 heteroatoms. The summed E-state index contributed by atoms with van der Waals surface area (Å²) in [4.78, 5) is 28.0. The summed E-state index contributed by atoms with van der Waals surface area (Å²) in [5.74, 6) is 0.139. The topological polar surface area (TPSA) is 78.7 Å². The molecule has 0 unspecified atom stereocenters. The van der Waals surface area contributed by atoms with Crippen LogP contribution in [0.15, 0.2) is 0 Å². The number of carbonyl (C=O) groups is 2. The number of amides is 3. The summed E-state index contributed by atoms with van der Waals surface area (Å²) in [5.41, 5.74) is 5.39. The van der Waals surface area contributed by atoms with Crippen LogP contribution >= 0.6 is 12.4 Å². The highest BCUT2D eigenvalue weighted by Crippen LogP contribution is 2.28. The Labute approximate surface area is 133 Å². The zero-order valence-corrected chi connectivity index (χ0v) is 14.2. The van der Waals surface area contributed by atoms with Crippen molar-refractivity contribution in [1.82, 2.24) is 15.1 Å². The van der Waals surface area contributed by atoms with Crippen LogP contribution in [-0.4, -0.2) is 61.0 Å². The van der Waals surface area contributed by atoms with E-state index in [0.717, 1.165) is 12.8 Å². The van der Waals surface area contributed by atoms with Gasteiger partial charge in [-0.25, -0.2) is 4.79 Å². The van der Waals surface area contributed by atoms with Crippen LogP contribution in [0.3, 0.4) is 0 Å². The fourth-order valence-electron chi connectivity index (χ4n) is 2.64. The molecule has 0 atom stereocenters. The second-order valence-corrected chi connectivity index (χ2v) is 5.31. The number of rotatable bonds is 5. The molecular formula is C14H29ClN4O2. The van der Waals surface area contributed by atoms with E-state index < -0.39 is 5.41 Å². The van der Waals surface area contributed by atoms with Crippen LogP contribution in [0.5, 0.6) is 0 Å². The average Bonchev–Trinajstić information content (AvgIpc) is 2.50. The fraction of sp³-hybridized carbons (Fsp3) is 0.857. The number of nitrogens with two attached hydrogens (primary N) is 1. The van der Waals surface area contributed by atoms with Gasteiger partial charge < -0.3 is 20.9 Å². The molecule has 1 rings (SSSR count). The third-order valence-corrected chi connectivity index (χ3v) is 4.38. The van der Waals surface area contributed by atoms with Crippen molar-refractivity contribution < 1.29 is 9.59 Å². The van der Waals surface area contributed by atoms with Gasteiger partial charge in [0.05, 0.1) is 5.41 Å². The highest BCUT2D eigenvalue weighted by molar-refractivity contribution is 5.85. The molecule has 1 aliphatic rings. The lowest BCUT2D eigenvalue weighted by Crippen LogP contribution is -2.57. The van der Waals surface area contributed by atoms with E-state index in [-0.39, 0.29) is 24.3 Å². The molecule has 6 nitrogen and oxygen atoms in total. The van der Waals surface area contributed by atoms with Gasteiger partial charge in [-0.1, -0.05) is 13.8 Å². The first-order valence-corrected chi connectivity index (χ1v) is 7.56. The van der Waals surface area contributed by atoms with Crippen molar-refractivity contribution in [3.63, 3.8) is 0 Å². The summed E-state index contributed by atoms with van der Waals surface area (Å²) < 4.78 is 0. The molecule has 0 aromatic rings. The Kier molecular flexibility index (Phi) is 8.66. The summed E-state index contributed by atoms with van der Waals surface area (Å²) in [6, 6.07) is -0.0457. The first-order chi connectivity index (χ1) is 9.54. The summed E-state index contributed by atoms with van der Waals surface area (Å²) in [5, 5.41) is 2.79. The summed E-state index contributed by atoms with van der Waals surface area (Å²) in [6.07, 6.45) is 1.52. The number of hydrogen-bond acceptors (Lipinski definition) is 3. The minimum absolute atomic E-state index is 0. The van der Waals surface area contributed by atoms with Gasteiger partial charge in [-0.2, -0.15) is 0 Å². The van der Waals surface area contributed by atoms with Gasteiger partial charge in [-0.3, -0.25) is 4.79 Å². The molecule has 1 aliphatic heterocycles. The van der Waals surface area contributed by atoms with E-state index in [1.165, 1.54) is 0 Å². The monoisotopic (exact) mass is 320 g/mol. The van der Waals surface area contributed by atoms with Crippen molar-refractivity contribution in [3.8, 4) is 0 Å². The maximum Gasteiger partial charge on any atom is 0.317 e. The predicted octanol–water partition coefficient (Wildman–Crippen LogP) is 1.05. The van der Waals surface area contributed by atoms with Crippen molar-refractivity contribution in [3.05, 3.63) is 0 Å². The van der Waals surface area contributed by atoms with E-state index >= 15 is 0 Å². The third kappa shape index (κ3) is 4.48. The third-order valence-electron chi connectivity index (χ3n) is 4.38. The molecule has 0 spiro atoms. The Balaban J connectivity index is 0.00000400. The lowest BCUT2D eigenvalue weighted by molar-refractivity contribution is -0.143. The van der Waals surface area contributed by atoms with Gasteiger partial charge in [0.25, 0.3) is 0 Å². The van der Waals surface area contributed by atoms with Gasteiger partial charge in [-0.15, -0.1) is 12.4 Å². The Morgan fingerprint density at radius 2 is 1.52 bits per heavy atom. The molecule has 3 N–H and O–H groups in total. The van der Waals surface area contributed by atoms with Crippen molar-refractivity contribution >= 4 is 24.3 Å². The summed E-state index contributed by atoms with van der Waals surface area (Å²) in [6.45, 7) is 9.30. The minimum atomic E-state index is -0.437. The van der Waals surface area contributed by atoms with E-state index in [9.17, 15) is 9.59 Å². The van der Waals surface area contributed by atoms with E-state index in [4.69, 9.17) is 5.73 Å². The standard InChI is InChI=1S/C14H28N4O2.ClH/c1-4-14(5-2,11-15)12(19)17-7-9-18(10-8-17)13(20)16-6-3;/h4-11,15H2,1-3H3,(H,16,20);1H. The van der Waals surface area contributed by atoms with E-state index in [0.29, 0.717) is 39.3 Å². The maximum atomic E-state index is 12.6. The minimum Gasteiger partial charge on any atom is -0.339 e. The van der Waals surface area contributed by atoms with Crippen molar-refractivity contribution in [2.24, 2.45) is 11.1 Å². The van der Waals surface area contributed by atoms with Gasteiger partial charge in [-0.05, 0) is 19.8 Å². The smallest absolute Gasteiger partial charge is 0.317 e. The average molecular weight is 321 g/mol. The number of hydrogen-bond donors (Lipinski definition) is 2. The molecule has 3 amide bonds. The quantitative estimate of drug-likeness (QED) is 0.794. The Hall–Kier alpha value is -1.01.